The highest BCUT2D eigenvalue weighted by Gasteiger charge is 2.37. The summed E-state index contributed by atoms with van der Waals surface area (Å²) >= 11 is 0. The molecule has 4 heteroatoms. The largest absolute Gasteiger partial charge is 0.397 e. The third-order valence-electron chi connectivity index (χ3n) is 3.56. The van der Waals surface area contributed by atoms with Crippen molar-refractivity contribution < 1.29 is 4.79 Å². The second-order valence-electron chi connectivity index (χ2n) is 5.52. The molecule has 100 valence electrons. The van der Waals surface area contributed by atoms with Gasteiger partial charge in [-0.05, 0) is 38.7 Å². The van der Waals surface area contributed by atoms with Crippen molar-refractivity contribution >= 4 is 11.6 Å². The third kappa shape index (κ3) is 2.68. The number of amides is 1. The third-order valence-corrected chi connectivity index (χ3v) is 3.56. The lowest BCUT2D eigenvalue weighted by molar-refractivity contribution is 0.0938. The standard InChI is InChI=1S/C14H23N3O/c1-4-5-10-6-12(10)16-14(18)13-7-11(15)8-17(13)9(2)3/h7-10,12H,4-6,15H2,1-3H3,(H,16,18). The fraction of sp³-hybridized carbons (Fsp3) is 0.643. The molecule has 0 aromatic carbocycles. The normalized spacial score (nSPS) is 22.2. The van der Waals surface area contributed by atoms with E-state index in [4.69, 9.17) is 5.73 Å². The molecule has 0 aliphatic heterocycles. The maximum Gasteiger partial charge on any atom is 0.268 e. The van der Waals surface area contributed by atoms with E-state index in [0.717, 1.165) is 6.42 Å². The number of nitrogens with two attached hydrogens (primary N) is 1. The summed E-state index contributed by atoms with van der Waals surface area (Å²) in [6.45, 7) is 6.28. The van der Waals surface area contributed by atoms with Crippen LogP contribution in [0, 0.1) is 5.92 Å². The molecule has 18 heavy (non-hydrogen) atoms. The highest BCUT2D eigenvalue weighted by Crippen LogP contribution is 2.34. The van der Waals surface area contributed by atoms with Crippen LogP contribution >= 0.6 is 0 Å². The summed E-state index contributed by atoms with van der Waals surface area (Å²) in [6, 6.07) is 2.37. The Balaban J connectivity index is 2.01. The van der Waals surface area contributed by atoms with Gasteiger partial charge in [-0.1, -0.05) is 13.3 Å². The first-order chi connectivity index (χ1) is 8.52. The number of nitrogen functional groups attached to an aromatic ring is 1. The van der Waals surface area contributed by atoms with E-state index >= 15 is 0 Å². The molecule has 2 rings (SSSR count). The van der Waals surface area contributed by atoms with Crippen LogP contribution in [0.3, 0.4) is 0 Å². The predicted octanol–water partition coefficient (Wildman–Crippen LogP) is 2.57. The van der Waals surface area contributed by atoms with Crippen LogP contribution in [-0.4, -0.2) is 16.5 Å². The maximum atomic E-state index is 12.2. The molecular weight excluding hydrogens is 226 g/mol. The van der Waals surface area contributed by atoms with Crippen molar-refractivity contribution in [3.05, 3.63) is 18.0 Å². The average Bonchev–Trinajstić information content (AvgIpc) is 2.88. The van der Waals surface area contributed by atoms with Gasteiger partial charge in [0.05, 0.1) is 5.69 Å². The van der Waals surface area contributed by atoms with Gasteiger partial charge in [-0.3, -0.25) is 4.79 Å². The van der Waals surface area contributed by atoms with Crippen LogP contribution < -0.4 is 11.1 Å². The van der Waals surface area contributed by atoms with Crippen LogP contribution in [0.2, 0.25) is 0 Å². The molecule has 2 unspecified atom stereocenters. The summed E-state index contributed by atoms with van der Waals surface area (Å²) < 4.78 is 1.93. The summed E-state index contributed by atoms with van der Waals surface area (Å²) in [6.07, 6.45) is 5.35. The van der Waals surface area contributed by atoms with E-state index in [-0.39, 0.29) is 11.9 Å². The molecule has 4 nitrogen and oxygen atoms in total. The summed E-state index contributed by atoms with van der Waals surface area (Å²) in [5, 5.41) is 3.10. The van der Waals surface area contributed by atoms with Crippen LogP contribution in [0.15, 0.2) is 12.3 Å². The number of hydrogen-bond acceptors (Lipinski definition) is 2. The molecule has 1 aliphatic rings. The molecule has 1 heterocycles. The van der Waals surface area contributed by atoms with E-state index in [1.165, 1.54) is 12.8 Å². The van der Waals surface area contributed by atoms with Crippen LogP contribution in [-0.2, 0) is 0 Å². The first kappa shape index (κ1) is 13.0. The lowest BCUT2D eigenvalue weighted by Crippen LogP contribution is -2.29. The fourth-order valence-electron chi connectivity index (χ4n) is 2.47. The molecule has 1 aromatic rings. The summed E-state index contributed by atoms with van der Waals surface area (Å²) in [5.74, 6) is 0.683. The minimum absolute atomic E-state index is 0.00371. The Kier molecular flexibility index (Phi) is 3.64. The van der Waals surface area contributed by atoms with Crippen molar-refractivity contribution in [2.75, 3.05) is 5.73 Å². The van der Waals surface area contributed by atoms with Gasteiger partial charge in [-0.25, -0.2) is 0 Å². The Labute approximate surface area is 109 Å². The fourth-order valence-corrected chi connectivity index (χ4v) is 2.47. The topological polar surface area (TPSA) is 60.1 Å². The number of nitrogens with zero attached hydrogens (tertiary/aromatic N) is 1. The van der Waals surface area contributed by atoms with Gasteiger partial charge >= 0.3 is 0 Å². The lowest BCUT2D eigenvalue weighted by Gasteiger charge is -2.12. The van der Waals surface area contributed by atoms with E-state index in [1.807, 2.05) is 24.6 Å². The summed E-state index contributed by atoms with van der Waals surface area (Å²) in [5.41, 5.74) is 7.09. The summed E-state index contributed by atoms with van der Waals surface area (Å²) in [4.78, 5) is 12.2. The highest BCUT2D eigenvalue weighted by atomic mass is 16.2. The van der Waals surface area contributed by atoms with Crippen LogP contribution in [0.5, 0.6) is 0 Å². The van der Waals surface area contributed by atoms with Gasteiger partial charge in [0.1, 0.15) is 5.69 Å². The van der Waals surface area contributed by atoms with Crippen molar-refractivity contribution in [2.45, 2.75) is 52.1 Å². The lowest BCUT2D eigenvalue weighted by atomic mass is 10.2. The van der Waals surface area contributed by atoms with Crippen LogP contribution in [0.25, 0.3) is 0 Å². The second kappa shape index (κ2) is 5.04. The molecular formula is C14H23N3O. The number of nitrogens with one attached hydrogen (secondary N) is 1. The van der Waals surface area contributed by atoms with Crippen molar-refractivity contribution in [3.8, 4) is 0 Å². The van der Waals surface area contributed by atoms with Crippen LogP contribution in [0.1, 0.15) is 56.6 Å². The zero-order chi connectivity index (χ0) is 13.3. The first-order valence-corrected chi connectivity index (χ1v) is 6.81. The van der Waals surface area contributed by atoms with Gasteiger partial charge in [0.2, 0.25) is 0 Å². The SMILES string of the molecule is CCCC1CC1NC(=O)c1cc(N)cn1C(C)C. The van der Waals surface area contributed by atoms with E-state index in [2.05, 4.69) is 12.2 Å². The summed E-state index contributed by atoms with van der Waals surface area (Å²) in [7, 11) is 0. The average molecular weight is 249 g/mol. The molecule has 0 saturated heterocycles. The number of carbonyl (C=O) groups excluding carboxylic acids is 1. The predicted molar refractivity (Wildman–Crippen MR) is 73.5 cm³/mol. The molecule has 2 atom stereocenters. The van der Waals surface area contributed by atoms with Crippen molar-refractivity contribution in [1.82, 2.24) is 9.88 Å². The minimum Gasteiger partial charge on any atom is -0.397 e. The van der Waals surface area contributed by atoms with Gasteiger partial charge in [0.15, 0.2) is 0 Å². The van der Waals surface area contributed by atoms with Crippen molar-refractivity contribution in [1.29, 1.82) is 0 Å². The zero-order valence-electron chi connectivity index (χ0n) is 11.4. The van der Waals surface area contributed by atoms with Crippen molar-refractivity contribution in [2.24, 2.45) is 5.92 Å². The highest BCUT2D eigenvalue weighted by molar-refractivity contribution is 5.94. The molecule has 0 bridgehead atoms. The Morgan fingerprint density at radius 3 is 2.94 bits per heavy atom. The number of rotatable bonds is 5. The number of aromatic nitrogens is 1. The quantitative estimate of drug-likeness (QED) is 0.842. The molecule has 1 amide bonds. The molecule has 3 N–H and O–H groups in total. The molecule has 1 aromatic heterocycles. The smallest absolute Gasteiger partial charge is 0.268 e. The van der Waals surface area contributed by atoms with Gasteiger partial charge in [0, 0.05) is 18.3 Å². The molecule has 1 aliphatic carbocycles. The van der Waals surface area contributed by atoms with Gasteiger partial charge in [-0.15, -0.1) is 0 Å². The Morgan fingerprint density at radius 2 is 2.33 bits per heavy atom. The molecule has 0 spiro atoms. The number of carbonyl (C=O) groups is 1. The van der Waals surface area contributed by atoms with Gasteiger partial charge in [0.25, 0.3) is 5.91 Å². The molecule has 0 radical (unpaired) electrons. The van der Waals surface area contributed by atoms with E-state index in [0.29, 0.717) is 23.3 Å². The van der Waals surface area contributed by atoms with Crippen molar-refractivity contribution in [3.63, 3.8) is 0 Å². The number of anilines is 1. The Hall–Kier alpha value is -1.45. The zero-order valence-corrected chi connectivity index (χ0v) is 11.4. The van der Waals surface area contributed by atoms with E-state index in [1.54, 1.807) is 6.07 Å². The Morgan fingerprint density at radius 1 is 1.61 bits per heavy atom. The maximum absolute atomic E-state index is 12.2. The van der Waals surface area contributed by atoms with E-state index in [9.17, 15) is 4.79 Å². The van der Waals surface area contributed by atoms with Crippen LogP contribution in [0.4, 0.5) is 5.69 Å². The van der Waals surface area contributed by atoms with Gasteiger partial charge < -0.3 is 15.6 Å². The molecule has 1 fully saturated rings. The minimum atomic E-state index is 0.00371. The number of hydrogen-bond donors (Lipinski definition) is 2. The Bertz CT molecular complexity index is 436. The second-order valence-corrected chi connectivity index (χ2v) is 5.52. The van der Waals surface area contributed by atoms with Gasteiger partial charge in [-0.2, -0.15) is 0 Å². The van der Waals surface area contributed by atoms with E-state index < -0.39 is 0 Å². The monoisotopic (exact) mass is 249 g/mol. The molecule has 1 saturated carbocycles. The first-order valence-electron chi connectivity index (χ1n) is 6.81.